The highest BCUT2D eigenvalue weighted by atomic mass is 35.5. The van der Waals surface area contributed by atoms with Crippen LogP contribution in [0.5, 0.6) is 0 Å². The van der Waals surface area contributed by atoms with Gasteiger partial charge in [-0.25, -0.2) is 22.6 Å². The van der Waals surface area contributed by atoms with E-state index in [-0.39, 0.29) is 22.1 Å². The highest BCUT2D eigenvalue weighted by Crippen LogP contribution is 2.36. The average Bonchev–Trinajstić information content (AvgIpc) is 3.38. The van der Waals surface area contributed by atoms with Crippen LogP contribution in [0.15, 0.2) is 88.3 Å². The number of benzene rings is 2. The van der Waals surface area contributed by atoms with Gasteiger partial charge in [-0.1, -0.05) is 17.7 Å². The largest absolute Gasteiger partial charge is 0.281 e. The van der Waals surface area contributed by atoms with E-state index in [0.29, 0.717) is 15.5 Å². The number of hydrogen-bond donors (Lipinski definition) is 1. The summed E-state index contributed by atoms with van der Waals surface area (Å²) in [6, 6.07) is 14.3. The van der Waals surface area contributed by atoms with Crippen LogP contribution in [-0.2, 0) is 9.84 Å². The summed E-state index contributed by atoms with van der Waals surface area (Å²) < 4.78 is 55.7. The quantitative estimate of drug-likeness (QED) is 0.255. The predicted molar refractivity (Wildman–Crippen MR) is 130 cm³/mol. The average molecular weight is 532 g/mol. The Bertz CT molecular complexity index is 1480. The first-order valence-corrected chi connectivity index (χ1v) is 12.8. The van der Waals surface area contributed by atoms with E-state index < -0.39 is 26.7 Å². The zero-order valence-electron chi connectivity index (χ0n) is 17.7. The van der Waals surface area contributed by atoms with Crippen LogP contribution in [0.3, 0.4) is 0 Å². The van der Waals surface area contributed by atoms with E-state index in [1.54, 1.807) is 17.5 Å². The molecule has 0 aliphatic rings. The zero-order chi connectivity index (χ0) is 25.0. The summed E-state index contributed by atoms with van der Waals surface area (Å²) in [5.41, 5.74) is 2.42. The van der Waals surface area contributed by atoms with Crippen molar-refractivity contribution in [1.29, 1.82) is 0 Å². The molecule has 1 atom stereocenters. The minimum atomic E-state index is -4.25. The molecule has 0 saturated heterocycles. The Morgan fingerprint density at radius 3 is 2.51 bits per heavy atom. The number of sulfone groups is 1. The number of hydrogen-bond acceptors (Lipinski definition) is 6. The molecule has 35 heavy (non-hydrogen) atoms. The molecular formula is C24H16ClF2N3O3S2. The number of pyridine rings is 1. The third-order valence-electron chi connectivity index (χ3n) is 4.90. The third kappa shape index (κ3) is 5.61. The minimum absolute atomic E-state index is 0.0239. The lowest BCUT2D eigenvalue weighted by Crippen LogP contribution is -2.18. The van der Waals surface area contributed by atoms with Crippen molar-refractivity contribution >= 4 is 44.9 Å². The normalized spacial score (nSPS) is 12.5. The van der Waals surface area contributed by atoms with Crippen LogP contribution in [0.1, 0.15) is 31.7 Å². The van der Waals surface area contributed by atoms with Crippen LogP contribution in [0.4, 0.5) is 8.78 Å². The number of nitrogens with zero attached hydrogens (tertiary/aromatic N) is 2. The van der Waals surface area contributed by atoms with Crippen molar-refractivity contribution in [1.82, 2.24) is 10.4 Å². The van der Waals surface area contributed by atoms with Crippen LogP contribution >= 0.6 is 22.9 Å². The van der Waals surface area contributed by atoms with Gasteiger partial charge in [0.05, 0.1) is 21.7 Å². The van der Waals surface area contributed by atoms with Crippen molar-refractivity contribution in [3.05, 3.63) is 117 Å². The maximum absolute atomic E-state index is 14.7. The van der Waals surface area contributed by atoms with Gasteiger partial charge in [-0.15, -0.1) is 11.3 Å². The molecule has 2 aromatic carbocycles. The zero-order valence-corrected chi connectivity index (χ0v) is 20.1. The SMILES string of the molecule is O=C(NN=Cc1ccc(C(c2cc(F)ccc2F)S(=O)(=O)c2ccc(Cl)cc2)nc1)c1cccs1. The van der Waals surface area contributed by atoms with Crippen molar-refractivity contribution in [3.8, 4) is 0 Å². The van der Waals surface area contributed by atoms with Gasteiger partial charge in [-0.2, -0.15) is 5.10 Å². The fourth-order valence-electron chi connectivity index (χ4n) is 3.24. The van der Waals surface area contributed by atoms with Crippen LogP contribution in [0, 0.1) is 11.6 Å². The molecule has 2 aromatic heterocycles. The number of amides is 1. The standard InChI is InChI=1S/C24H16ClF2N3O3S2/c25-16-4-7-18(8-5-16)35(32,33)23(19-12-17(26)6-9-20(19)27)21-10-3-15(13-28-21)14-29-30-24(31)22-2-1-11-34-22/h1-14,23H,(H,30,31). The molecular weight excluding hydrogens is 516 g/mol. The van der Waals surface area contributed by atoms with Gasteiger partial charge in [0.1, 0.15) is 16.9 Å². The Morgan fingerprint density at radius 1 is 1.09 bits per heavy atom. The van der Waals surface area contributed by atoms with Crippen LogP contribution < -0.4 is 5.43 Å². The molecule has 0 spiro atoms. The fourth-order valence-corrected chi connectivity index (χ4v) is 5.74. The molecule has 4 aromatic rings. The van der Waals surface area contributed by atoms with Gasteiger partial charge in [0.15, 0.2) is 9.84 Å². The summed E-state index contributed by atoms with van der Waals surface area (Å²) in [5.74, 6) is -2.06. The Hall–Kier alpha value is -3.47. The second kappa shape index (κ2) is 10.4. The first-order valence-electron chi connectivity index (χ1n) is 10.0. The summed E-state index contributed by atoms with van der Waals surface area (Å²) in [7, 11) is -4.25. The molecule has 178 valence electrons. The van der Waals surface area contributed by atoms with Gasteiger partial charge in [-0.3, -0.25) is 9.78 Å². The molecule has 1 amide bonds. The maximum atomic E-state index is 14.7. The lowest BCUT2D eigenvalue weighted by Gasteiger charge is -2.19. The minimum Gasteiger partial charge on any atom is -0.266 e. The lowest BCUT2D eigenvalue weighted by molar-refractivity contribution is 0.0959. The highest BCUT2D eigenvalue weighted by Gasteiger charge is 2.34. The number of rotatable bonds is 7. The van der Waals surface area contributed by atoms with E-state index in [1.807, 2.05) is 0 Å². The molecule has 0 saturated carbocycles. The summed E-state index contributed by atoms with van der Waals surface area (Å²) >= 11 is 7.14. The molecule has 0 aliphatic heterocycles. The number of thiophene rings is 1. The molecule has 0 aliphatic carbocycles. The fraction of sp³-hybridized carbons (Fsp3) is 0.0417. The van der Waals surface area contributed by atoms with Crippen molar-refractivity contribution in [2.75, 3.05) is 0 Å². The van der Waals surface area contributed by atoms with Crippen molar-refractivity contribution in [2.24, 2.45) is 5.10 Å². The third-order valence-corrected chi connectivity index (χ3v) is 8.06. The molecule has 1 N–H and O–H groups in total. The number of nitrogens with one attached hydrogen (secondary N) is 1. The smallest absolute Gasteiger partial charge is 0.266 e. The number of carbonyl (C=O) groups is 1. The lowest BCUT2D eigenvalue weighted by atomic mass is 10.1. The van der Waals surface area contributed by atoms with E-state index in [0.717, 1.165) is 18.2 Å². The molecule has 1 unspecified atom stereocenters. The van der Waals surface area contributed by atoms with Crippen molar-refractivity contribution in [3.63, 3.8) is 0 Å². The maximum Gasteiger partial charge on any atom is 0.281 e. The first kappa shape index (κ1) is 24.6. The van der Waals surface area contributed by atoms with Crippen molar-refractivity contribution < 1.29 is 22.0 Å². The molecule has 0 fully saturated rings. The summed E-state index contributed by atoms with van der Waals surface area (Å²) in [6.45, 7) is 0. The van der Waals surface area contributed by atoms with Crippen molar-refractivity contribution in [2.45, 2.75) is 10.1 Å². The van der Waals surface area contributed by atoms with Gasteiger partial charge >= 0.3 is 0 Å². The number of aromatic nitrogens is 1. The molecule has 2 heterocycles. The summed E-state index contributed by atoms with van der Waals surface area (Å²) in [6.07, 6.45) is 2.64. The number of carbonyl (C=O) groups excluding carboxylic acids is 1. The van der Waals surface area contributed by atoms with Gasteiger partial charge in [0, 0.05) is 22.3 Å². The van der Waals surface area contributed by atoms with Gasteiger partial charge in [-0.05, 0) is 66.0 Å². The van der Waals surface area contributed by atoms with E-state index >= 15 is 0 Å². The molecule has 0 bridgehead atoms. The first-order chi connectivity index (χ1) is 16.8. The van der Waals surface area contributed by atoms with Crippen LogP contribution in [-0.4, -0.2) is 25.5 Å². The topological polar surface area (TPSA) is 88.5 Å². The second-order valence-electron chi connectivity index (χ2n) is 7.24. The second-order valence-corrected chi connectivity index (χ2v) is 10.7. The Kier molecular flexibility index (Phi) is 7.34. The van der Waals surface area contributed by atoms with Crippen LogP contribution in [0.25, 0.3) is 0 Å². The Morgan fingerprint density at radius 2 is 1.86 bits per heavy atom. The Balaban J connectivity index is 1.67. The highest BCUT2D eigenvalue weighted by molar-refractivity contribution is 7.91. The number of halogens is 3. The summed E-state index contributed by atoms with van der Waals surface area (Å²) in [5, 5.41) is 4.33. The monoisotopic (exact) mass is 531 g/mol. The molecule has 11 heteroatoms. The molecule has 4 rings (SSSR count). The van der Waals surface area contributed by atoms with E-state index in [9.17, 15) is 22.0 Å². The van der Waals surface area contributed by atoms with Gasteiger partial charge in [0.2, 0.25) is 0 Å². The van der Waals surface area contributed by atoms with E-state index in [4.69, 9.17) is 11.6 Å². The predicted octanol–water partition coefficient (Wildman–Crippen LogP) is 5.40. The van der Waals surface area contributed by atoms with Gasteiger partial charge < -0.3 is 0 Å². The number of hydrazone groups is 1. The molecule has 0 radical (unpaired) electrons. The molecule has 6 nitrogen and oxygen atoms in total. The van der Waals surface area contributed by atoms with E-state index in [1.165, 1.54) is 60.1 Å². The van der Waals surface area contributed by atoms with Gasteiger partial charge in [0.25, 0.3) is 5.91 Å². The van der Waals surface area contributed by atoms with E-state index in [2.05, 4.69) is 15.5 Å². The van der Waals surface area contributed by atoms with Crippen LogP contribution in [0.2, 0.25) is 5.02 Å². The summed E-state index contributed by atoms with van der Waals surface area (Å²) in [4.78, 5) is 16.5. The Labute approximate surface area is 208 Å².